The summed E-state index contributed by atoms with van der Waals surface area (Å²) in [6.07, 6.45) is 0. The number of nitroso groups, excluding NO2 is 1. The molecule has 0 fully saturated rings. The van der Waals surface area contributed by atoms with Gasteiger partial charge in [-0.1, -0.05) is 22.8 Å². The van der Waals surface area contributed by atoms with Crippen molar-refractivity contribution in [1.82, 2.24) is 0 Å². The van der Waals surface area contributed by atoms with Crippen molar-refractivity contribution in [3.63, 3.8) is 0 Å². The maximum Gasteiger partial charge on any atom is 0.177 e. The second-order valence-corrected chi connectivity index (χ2v) is 2.75. The van der Waals surface area contributed by atoms with Crippen LogP contribution >= 0.6 is 11.6 Å². The van der Waals surface area contributed by atoms with Gasteiger partial charge in [0.1, 0.15) is 6.54 Å². The number of nitrogens with zero attached hydrogens (tertiary/aromatic N) is 1. The smallest absolute Gasteiger partial charge is 0.177 e. The highest BCUT2D eigenvalue weighted by Gasteiger charge is 2.10. The van der Waals surface area contributed by atoms with Crippen LogP contribution in [0.25, 0.3) is 0 Å². The first-order chi connectivity index (χ1) is 6.20. The Bertz CT molecular complexity index is 327. The highest BCUT2D eigenvalue weighted by molar-refractivity contribution is 6.33. The Balaban J connectivity index is 3.14. The van der Waals surface area contributed by atoms with Gasteiger partial charge in [0.25, 0.3) is 0 Å². The van der Waals surface area contributed by atoms with Crippen molar-refractivity contribution >= 4 is 11.6 Å². The molecule has 4 nitrogen and oxygen atoms in total. The van der Waals surface area contributed by atoms with Crippen LogP contribution in [0.3, 0.4) is 0 Å². The third-order valence-electron chi connectivity index (χ3n) is 1.61. The first-order valence-corrected chi connectivity index (χ1v) is 3.92. The predicted molar refractivity (Wildman–Crippen MR) is 49.2 cm³/mol. The van der Waals surface area contributed by atoms with E-state index in [1.807, 2.05) is 0 Å². The number of phenolic OH excluding ortho intramolecular Hbond substituents is 1. The molecule has 0 saturated heterocycles. The van der Waals surface area contributed by atoms with Crippen LogP contribution in [0, 0.1) is 4.91 Å². The number of hydrogen-bond acceptors (Lipinski definition) is 4. The van der Waals surface area contributed by atoms with E-state index in [2.05, 4.69) is 5.18 Å². The molecule has 0 aliphatic heterocycles. The Hall–Kier alpha value is -1.29. The standard InChI is InChI=1S/C8H8ClNO3/c1-13-6-3-2-5(4-10-12)7(9)8(6)11/h2-3,11H,4H2,1H3. The fourth-order valence-corrected chi connectivity index (χ4v) is 1.16. The summed E-state index contributed by atoms with van der Waals surface area (Å²) in [5.41, 5.74) is 0.481. The molecule has 0 spiro atoms. The van der Waals surface area contributed by atoms with E-state index in [1.165, 1.54) is 13.2 Å². The summed E-state index contributed by atoms with van der Waals surface area (Å²) in [5.74, 6) is 0.116. The van der Waals surface area contributed by atoms with Crippen LogP contribution in [0.15, 0.2) is 17.3 Å². The van der Waals surface area contributed by atoms with Gasteiger partial charge in [0, 0.05) is 0 Å². The molecule has 0 aliphatic carbocycles. The number of ether oxygens (including phenoxy) is 1. The molecule has 0 saturated carbocycles. The largest absolute Gasteiger partial charge is 0.503 e. The summed E-state index contributed by atoms with van der Waals surface area (Å²) in [6.45, 7) is -0.0591. The number of halogens is 1. The molecule has 5 heteroatoms. The number of benzene rings is 1. The van der Waals surface area contributed by atoms with Crippen LogP contribution in [0.4, 0.5) is 0 Å². The van der Waals surface area contributed by atoms with Gasteiger partial charge in [-0.25, -0.2) is 0 Å². The first kappa shape index (κ1) is 9.80. The van der Waals surface area contributed by atoms with Gasteiger partial charge in [-0.3, -0.25) is 0 Å². The van der Waals surface area contributed by atoms with Crippen molar-refractivity contribution < 1.29 is 9.84 Å². The van der Waals surface area contributed by atoms with Crippen molar-refractivity contribution in [1.29, 1.82) is 0 Å². The topological polar surface area (TPSA) is 58.9 Å². The van der Waals surface area contributed by atoms with Gasteiger partial charge in [0.15, 0.2) is 11.5 Å². The maximum absolute atomic E-state index is 9.97. The summed E-state index contributed by atoms with van der Waals surface area (Å²) in [4.78, 5) is 9.97. The van der Waals surface area contributed by atoms with Crippen molar-refractivity contribution in [3.8, 4) is 11.5 Å². The lowest BCUT2D eigenvalue weighted by molar-refractivity contribution is 0.373. The van der Waals surface area contributed by atoms with E-state index < -0.39 is 0 Å². The molecule has 13 heavy (non-hydrogen) atoms. The zero-order chi connectivity index (χ0) is 9.84. The molecule has 70 valence electrons. The van der Waals surface area contributed by atoms with Gasteiger partial charge in [-0.2, -0.15) is 4.91 Å². The highest BCUT2D eigenvalue weighted by Crippen LogP contribution is 2.36. The Morgan fingerprint density at radius 3 is 2.85 bits per heavy atom. The molecule has 0 radical (unpaired) electrons. The first-order valence-electron chi connectivity index (χ1n) is 3.54. The van der Waals surface area contributed by atoms with E-state index in [0.717, 1.165) is 0 Å². The monoisotopic (exact) mass is 201 g/mol. The number of phenols is 1. The number of aromatic hydroxyl groups is 1. The molecule has 0 unspecified atom stereocenters. The van der Waals surface area contributed by atoms with Gasteiger partial charge in [0.05, 0.1) is 12.1 Å². The Labute approximate surface area is 80.1 Å². The van der Waals surface area contributed by atoms with Gasteiger partial charge in [0.2, 0.25) is 0 Å². The number of rotatable bonds is 3. The highest BCUT2D eigenvalue weighted by atomic mass is 35.5. The maximum atomic E-state index is 9.97. The second kappa shape index (κ2) is 4.09. The van der Waals surface area contributed by atoms with E-state index in [4.69, 9.17) is 16.3 Å². The number of hydrogen-bond donors (Lipinski definition) is 1. The van der Waals surface area contributed by atoms with Crippen LogP contribution in [0.2, 0.25) is 5.02 Å². The summed E-state index contributed by atoms with van der Waals surface area (Å²) in [6, 6.07) is 3.12. The van der Waals surface area contributed by atoms with Gasteiger partial charge < -0.3 is 9.84 Å². The van der Waals surface area contributed by atoms with Gasteiger partial charge in [-0.05, 0) is 11.6 Å². The molecule has 1 rings (SSSR count). The van der Waals surface area contributed by atoms with E-state index >= 15 is 0 Å². The summed E-state index contributed by atoms with van der Waals surface area (Å²) < 4.78 is 4.82. The van der Waals surface area contributed by atoms with Gasteiger partial charge in [-0.15, -0.1) is 0 Å². The van der Waals surface area contributed by atoms with Crippen LogP contribution in [-0.2, 0) is 6.54 Å². The molecule has 0 bridgehead atoms. The fraction of sp³-hybridized carbons (Fsp3) is 0.250. The molecule has 0 heterocycles. The van der Waals surface area contributed by atoms with E-state index in [0.29, 0.717) is 5.56 Å². The zero-order valence-corrected chi connectivity index (χ0v) is 7.71. The Morgan fingerprint density at radius 2 is 2.31 bits per heavy atom. The molecule has 0 aromatic heterocycles. The van der Waals surface area contributed by atoms with Crippen LogP contribution in [-0.4, -0.2) is 12.2 Å². The third kappa shape index (κ3) is 1.89. The normalized spacial score (nSPS) is 9.69. The molecular formula is C8H8ClNO3. The minimum Gasteiger partial charge on any atom is -0.503 e. The van der Waals surface area contributed by atoms with Crippen molar-refractivity contribution in [2.24, 2.45) is 5.18 Å². The van der Waals surface area contributed by atoms with Gasteiger partial charge >= 0.3 is 0 Å². The summed E-state index contributed by atoms with van der Waals surface area (Å²) in [7, 11) is 1.42. The SMILES string of the molecule is COc1ccc(CN=O)c(Cl)c1O. The molecule has 1 aromatic carbocycles. The van der Waals surface area contributed by atoms with Crippen molar-refractivity contribution in [2.75, 3.05) is 7.11 Å². The van der Waals surface area contributed by atoms with E-state index in [9.17, 15) is 10.0 Å². The molecule has 1 aromatic rings. The molecule has 0 amide bonds. The fourth-order valence-electron chi connectivity index (χ4n) is 0.945. The molecular weight excluding hydrogens is 194 g/mol. The quantitative estimate of drug-likeness (QED) is 0.764. The lowest BCUT2D eigenvalue weighted by Crippen LogP contribution is -1.88. The summed E-state index contributed by atoms with van der Waals surface area (Å²) >= 11 is 5.73. The van der Waals surface area contributed by atoms with Crippen LogP contribution in [0.1, 0.15) is 5.56 Å². The lowest BCUT2D eigenvalue weighted by atomic mass is 10.2. The third-order valence-corrected chi connectivity index (χ3v) is 2.04. The lowest BCUT2D eigenvalue weighted by Gasteiger charge is -2.06. The Morgan fingerprint density at radius 1 is 1.62 bits per heavy atom. The zero-order valence-electron chi connectivity index (χ0n) is 6.95. The predicted octanol–water partition coefficient (Wildman–Crippen LogP) is 2.32. The van der Waals surface area contributed by atoms with E-state index in [-0.39, 0.29) is 23.1 Å². The minimum absolute atomic E-state index is 0.0591. The van der Waals surface area contributed by atoms with Crippen LogP contribution in [0.5, 0.6) is 11.5 Å². The molecule has 0 aliphatic rings. The minimum atomic E-state index is -0.162. The second-order valence-electron chi connectivity index (χ2n) is 2.38. The average Bonchev–Trinajstić information content (AvgIpc) is 2.14. The molecule has 1 N–H and O–H groups in total. The molecule has 0 atom stereocenters. The average molecular weight is 202 g/mol. The summed E-state index contributed by atoms with van der Waals surface area (Å²) in [5, 5.41) is 12.2. The van der Waals surface area contributed by atoms with Crippen molar-refractivity contribution in [3.05, 3.63) is 27.6 Å². The number of methoxy groups -OCH3 is 1. The van der Waals surface area contributed by atoms with Crippen molar-refractivity contribution in [2.45, 2.75) is 6.54 Å². The van der Waals surface area contributed by atoms with E-state index in [1.54, 1.807) is 6.07 Å². The Kier molecular flexibility index (Phi) is 3.08. The van der Waals surface area contributed by atoms with Crippen LogP contribution < -0.4 is 4.74 Å².